The molecule has 0 N–H and O–H groups in total. The van der Waals surface area contributed by atoms with Gasteiger partial charge in [0.25, 0.3) is 0 Å². The molecular formula is C12H23NO2S. The van der Waals surface area contributed by atoms with Crippen LogP contribution in [0.15, 0.2) is 0 Å². The van der Waals surface area contributed by atoms with Crippen LogP contribution in [0.2, 0.25) is 0 Å². The van der Waals surface area contributed by atoms with Gasteiger partial charge in [0.05, 0.1) is 5.60 Å². The van der Waals surface area contributed by atoms with Crippen molar-refractivity contribution in [2.45, 2.75) is 45.0 Å². The Balaban J connectivity index is 2.42. The van der Waals surface area contributed by atoms with Crippen LogP contribution in [-0.2, 0) is 9.53 Å². The van der Waals surface area contributed by atoms with Crippen LogP contribution < -0.4 is 0 Å². The van der Waals surface area contributed by atoms with Crippen molar-refractivity contribution in [1.82, 2.24) is 4.90 Å². The van der Waals surface area contributed by atoms with Gasteiger partial charge in [0.15, 0.2) is 0 Å². The molecule has 0 spiro atoms. The quantitative estimate of drug-likeness (QED) is 0.746. The highest BCUT2D eigenvalue weighted by Crippen LogP contribution is 2.29. The molecule has 1 aliphatic rings. The van der Waals surface area contributed by atoms with E-state index in [0.717, 1.165) is 18.8 Å². The second kappa shape index (κ2) is 4.96. The van der Waals surface area contributed by atoms with E-state index in [4.69, 9.17) is 4.74 Å². The van der Waals surface area contributed by atoms with E-state index in [1.54, 1.807) is 0 Å². The Bertz CT molecular complexity index is 258. The number of carbonyl (C=O) groups excluding carboxylic acids is 1. The van der Waals surface area contributed by atoms with Crippen LogP contribution in [0.25, 0.3) is 0 Å². The molecule has 0 saturated carbocycles. The first-order valence-electron chi connectivity index (χ1n) is 5.75. The number of hydrogen-bond donors (Lipinski definition) is 0. The normalized spacial score (nSPS) is 20.9. The fourth-order valence-electron chi connectivity index (χ4n) is 1.60. The van der Waals surface area contributed by atoms with E-state index in [2.05, 4.69) is 13.8 Å². The van der Waals surface area contributed by atoms with Crippen molar-refractivity contribution < 1.29 is 9.53 Å². The van der Waals surface area contributed by atoms with Crippen LogP contribution in [0.1, 0.15) is 34.6 Å². The van der Waals surface area contributed by atoms with E-state index < -0.39 is 0 Å². The number of thioether (sulfide) groups is 1. The maximum atomic E-state index is 11.9. The van der Waals surface area contributed by atoms with Crippen LogP contribution in [0.5, 0.6) is 0 Å². The van der Waals surface area contributed by atoms with Crippen molar-refractivity contribution in [3.63, 3.8) is 0 Å². The number of hydrogen-bond acceptors (Lipinski definition) is 3. The van der Waals surface area contributed by atoms with Crippen molar-refractivity contribution in [3.05, 3.63) is 0 Å². The minimum atomic E-state index is -0.240. The molecule has 94 valence electrons. The molecule has 16 heavy (non-hydrogen) atoms. The Kier molecular flexibility index (Phi) is 4.29. The predicted octanol–water partition coefficient (Wildman–Crippen LogP) is 2.16. The molecule has 0 unspecified atom stereocenters. The third kappa shape index (κ3) is 4.74. The van der Waals surface area contributed by atoms with Gasteiger partial charge < -0.3 is 9.64 Å². The first-order chi connectivity index (χ1) is 7.20. The molecule has 0 aromatic rings. The van der Waals surface area contributed by atoms with Gasteiger partial charge in [0.2, 0.25) is 5.91 Å². The molecule has 1 fully saturated rings. The van der Waals surface area contributed by atoms with Gasteiger partial charge in [-0.1, -0.05) is 0 Å². The molecule has 0 aromatic heterocycles. The van der Waals surface area contributed by atoms with E-state index in [0.29, 0.717) is 0 Å². The highest BCUT2D eigenvalue weighted by molar-refractivity contribution is 8.00. The Morgan fingerprint density at radius 2 is 2.06 bits per heavy atom. The second-order valence-corrected chi connectivity index (χ2v) is 7.63. The number of ether oxygens (including phenoxy) is 1. The smallest absolute Gasteiger partial charge is 0.248 e. The van der Waals surface area contributed by atoms with Gasteiger partial charge in [-0.15, -0.1) is 0 Å². The molecule has 1 saturated heterocycles. The number of carbonyl (C=O) groups is 1. The average Bonchev–Trinajstić information content (AvgIpc) is 2.11. The zero-order valence-corrected chi connectivity index (χ0v) is 11.8. The molecule has 1 rings (SSSR count). The van der Waals surface area contributed by atoms with E-state index >= 15 is 0 Å². The number of amides is 1. The zero-order valence-electron chi connectivity index (χ0n) is 11.0. The highest BCUT2D eigenvalue weighted by Gasteiger charge is 2.30. The van der Waals surface area contributed by atoms with Crippen molar-refractivity contribution in [1.29, 1.82) is 0 Å². The molecular weight excluding hydrogens is 222 g/mol. The standard InChI is InChI=1S/C12H23NO2S/c1-11(2,3)15-8-10(14)13-6-7-16-12(4,5)9-13/h6-9H2,1-5H3. The van der Waals surface area contributed by atoms with Gasteiger partial charge in [-0.05, 0) is 34.6 Å². The van der Waals surface area contributed by atoms with Gasteiger partial charge in [-0.2, -0.15) is 11.8 Å². The van der Waals surface area contributed by atoms with Crippen molar-refractivity contribution >= 4 is 17.7 Å². The fraction of sp³-hybridized carbons (Fsp3) is 0.917. The lowest BCUT2D eigenvalue weighted by Gasteiger charge is -2.37. The fourth-order valence-corrected chi connectivity index (χ4v) is 2.71. The van der Waals surface area contributed by atoms with Crippen LogP contribution in [0.4, 0.5) is 0 Å². The molecule has 0 aliphatic carbocycles. The molecule has 1 amide bonds. The molecule has 1 heterocycles. The molecule has 0 atom stereocenters. The molecule has 0 radical (unpaired) electrons. The van der Waals surface area contributed by atoms with Crippen LogP contribution in [-0.4, -0.2) is 46.6 Å². The van der Waals surface area contributed by atoms with Gasteiger partial charge >= 0.3 is 0 Å². The maximum Gasteiger partial charge on any atom is 0.248 e. The first kappa shape index (κ1) is 13.8. The van der Waals surface area contributed by atoms with Crippen LogP contribution >= 0.6 is 11.8 Å². The summed E-state index contributed by atoms with van der Waals surface area (Å²) in [6, 6.07) is 0. The molecule has 0 bridgehead atoms. The lowest BCUT2D eigenvalue weighted by molar-refractivity contribution is -0.141. The summed E-state index contributed by atoms with van der Waals surface area (Å²) in [5.41, 5.74) is -0.240. The molecule has 0 aromatic carbocycles. The summed E-state index contributed by atoms with van der Waals surface area (Å²) in [6.07, 6.45) is 0. The van der Waals surface area contributed by atoms with Gasteiger partial charge in [0, 0.05) is 23.6 Å². The van der Waals surface area contributed by atoms with Crippen LogP contribution in [0, 0.1) is 0 Å². The summed E-state index contributed by atoms with van der Waals surface area (Å²) < 4.78 is 5.69. The van der Waals surface area contributed by atoms with E-state index in [-0.39, 0.29) is 22.9 Å². The Hall–Kier alpha value is -0.220. The maximum absolute atomic E-state index is 11.9. The van der Waals surface area contributed by atoms with Crippen molar-refractivity contribution in [2.75, 3.05) is 25.4 Å². The second-order valence-electron chi connectivity index (χ2n) is 5.82. The Labute approximate surface area is 103 Å². The lowest BCUT2D eigenvalue weighted by atomic mass is 10.2. The van der Waals surface area contributed by atoms with Gasteiger partial charge in [-0.25, -0.2) is 0 Å². The molecule has 3 nitrogen and oxygen atoms in total. The Morgan fingerprint density at radius 3 is 2.56 bits per heavy atom. The minimum Gasteiger partial charge on any atom is -0.366 e. The van der Waals surface area contributed by atoms with E-state index in [9.17, 15) is 4.79 Å². The van der Waals surface area contributed by atoms with E-state index in [1.807, 2.05) is 37.4 Å². The molecule has 4 heteroatoms. The van der Waals surface area contributed by atoms with E-state index in [1.165, 1.54) is 0 Å². The van der Waals surface area contributed by atoms with Crippen LogP contribution in [0.3, 0.4) is 0 Å². The summed E-state index contributed by atoms with van der Waals surface area (Å²) in [6.45, 7) is 12.1. The summed E-state index contributed by atoms with van der Waals surface area (Å²) in [5, 5.41) is 0. The van der Waals surface area contributed by atoms with Gasteiger partial charge in [0.1, 0.15) is 6.61 Å². The zero-order chi connectivity index (χ0) is 12.4. The SMILES string of the molecule is CC(C)(C)OCC(=O)N1CCSC(C)(C)C1. The lowest BCUT2D eigenvalue weighted by Crippen LogP contribution is -2.48. The summed E-state index contributed by atoms with van der Waals surface area (Å²) in [5.74, 6) is 1.14. The summed E-state index contributed by atoms with van der Waals surface area (Å²) in [4.78, 5) is 13.8. The Morgan fingerprint density at radius 1 is 1.44 bits per heavy atom. The third-order valence-corrected chi connectivity index (χ3v) is 3.70. The topological polar surface area (TPSA) is 29.5 Å². The largest absolute Gasteiger partial charge is 0.366 e. The molecule has 1 aliphatic heterocycles. The number of nitrogens with zero attached hydrogens (tertiary/aromatic N) is 1. The van der Waals surface area contributed by atoms with Crippen molar-refractivity contribution in [3.8, 4) is 0 Å². The predicted molar refractivity (Wildman–Crippen MR) is 68.8 cm³/mol. The van der Waals surface area contributed by atoms with Gasteiger partial charge in [-0.3, -0.25) is 4.79 Å². The minimum absolute atomic E-state index is 0.114. The summed E-state index contributed by atoms with van der Waals surface area (Å²) >= 11 is 1.93. The summed E-state index contributed by atoms with van der Waals surface area (Å²) in [7, 11) is 0. The number of rotatable bonds is 2. The average molecular weight is 245 g/mol. The van der Waals surface area contributed by atoms with Crippen molar-refractivity contribution in [2.24, 2.45) is 0 Å². The highest BCUT2D eigenvalue weighted by atomic mass is 32.2. The third-order valence-electron chi connectivity index (χ3n) is 2.41. The first-order valence-corrected chi connectivity index (χ1v) is 6.74. The monoisotopic (exact) mass is 245 g/mol.